The molecule has 0 radical (unpaired) electrons. The number of carboxylic acids is 1. The number of benzene rings is 1. The summed E-state index contributed by atoms with van der Waals surface area (Å²) in [5.41, 5.74) is 0.312. The highest BCUT2D eigenvalue weighted by Crippen LogP contribution is 2.40. The maximum Gasteiger partial charge on any atom is 0.357 e. The zero-order chi connectivity index (χ0) is 23.5. The van der Waals surface area contributed by atoms with E-state index >= 15 is 0 Å². The molecule has 10 nitrogen and oxygen atoms in total. The van der Waals surface area contributed by atoms with Crippen molar-refractivity contribution in [3.05, 3.63) is 41.3 Å². The number of H-pyrrole nitrogens is 1. The van der Waals surface area contributed by atoms with Crippen molar-refractivity contribution >= 4 is 28.6 Å². The van der Waals surface area contributed by atoms with E-state index < -0.39 is 11.6 Å². The van der Waals surface area contributed by atoms with Crippen LogP contribution in [0.2, 0.25) is 0 Å². The molecular weight excluding hydrogens is 426 g/mol. The summed E-state index contributed by atoms with van der Waals surface area (Å²) in [5, 5.41) is 20.6. The number of carboxylic acid groups (broad SMARTS) is 1. The van der Waals surface area contributed by atoms with Gasteiger partial charge in [0.05, 0.1) is 23.7 Å². The topological polar surface area (TPSA) is 130 Å². The number of aromatic carboxylic acids is 1. The second-order valence-corrected chi connectivity index (χ2v) is 9.77. The fourth-order valence-electron chi connectivity index (χ4n) is 4.50. The Labute approximate surface area is 189 Å². The number of carbonyl (C=O) groups is 3. The van der Waals surface area contributed by atoms with Crippen LogP contribution in [0.1, 0.15) is 71.4 Å². The molecule has 1 aromatic carbocycles. The van der Waals surface area contributed by atoms with Gasteiger partial charge in [-0.3, -0.25) is 19.4 Å². The van der Waals surface area contributed by atoms with Crippen LogP contribution in [0, 0.1) is 0 Å². The van der Waals surface area contributed by atoms with Crippen LogP contribution in [0.5, 0.6) is 5.75 Å². The van der Waals surface area contributed by atoms with Gasteiger partial charge in [-0.1, -0.05) is 0 Å². The van der Waals surface area contributed by atoms with Gasteiger partial charge in [0.1, 0.15) is 5.60 Å². The van der Waals surface area contributed by atoms with E-state index in [0.29, 0.717) is 53.8 Å². The van der Waals surface area contributed by atoms with Crippen LogP contribution in [0.3, 0.4) is 0 Å². The zero-order valence-corrected chi connectivity index (χ0v) is 18.7. The first kappa shape index (κ1) is 21.2. The Morgan fingerprint density at radius 2 is 1.94 bits per heavy atom. The molecule has 5 rings (SSSR count). The summed E-state index contributed by atoms with van der Waals surface area (Å²) in [7, 11) is 0. The van der Waals surface area contributed by atoms with Crippen LogP contribution in [0.25, 0.3) is 10.9 Å². The second kappa shape index (κ2) is 7.16. The minimum Gasteiger partial charge on any atom is -0.483 e. The molecule has 0 aliphatic carbocycles. The van der Waals surface area contributed by atoms with Crippen molar-refractivity contribution in [2.45, 2.75) is 51.2 Å². The van der Waals surface area contributed by atoms with Crippen LogP contribution >= 0.6 is 0 Å². The number of aromatic nitrogens is 4. The van der Waals surface area contributed by atoms with Crippen molar-refractivity contribution < 1.29 is 24.2 Å². The molecule has 33 heavy (non-hydrogen) atoms. The lowest BCUT2D eigenvalue weighted by Gasteiger charge is -2.43. The summed E-state index contributed by atoms with van der Waals surface area (Å²) in [6.07, 6.45) is 3.08. The summed E-state index contributed by atoms with van der Waals surface area (Å²) in [6.45, 7) is 6.90. The molecule has 10 heteroatoms. The largest absolute Gasteiger partial charge is 0.483 e. The molecular formula is C23H25N5O5. The summed E-state index contributed by atoms with van der Waals surface area (Å²) in [4.78, 5) is 39.0. The van der Waals surface area contributed by atoms with Crippen LogP contribution < -0.4 is 4.74 Å². The smallest absolute Gasteiger partial charge is 0.357 e. The second-order valence-electron chi connectivity index (χ2n) is 9.77. The Hall–Kier alpha value is -3.69. The predicted molar refractivity (Wildman–Crippen MR) is 118 cm³/mol. The Kier molecular flexibility index (Phi) is 4.59. The van der Waals surface area contributed by atoms with E-state index in [1.165, 1.54) is 0 Å². The lowest BCUT2D eigenvalue weighted by molar-refractivity contribution is -0.00587. The number of carbonyl (C=O) groups excluding carboxylic acids is 2. The van der Waals surface area contributed by atoms with E-state index in [9.17, 15) is 19.5 Å². The van der Waals surface area contributed by atoms with Crippen LogP contribution in [0.4, 0.5) is 0 Å². The van der Waals surface area contributed by atoms with Gasteiger partial charge in [-0.05, 0) is 39.0 Å². The van der Waals surface area contributed by atoms with E-state index in [4.69, 9.17) is 4.74 Å². The Morgan fingerprint density at radius 1 is 1.21 bits per heavy atom. The fourth-order valence-corrected chi connectivity index (χ4v) is 4.50. The molecule has 1 spiro atoms. The minimum absolute atomic E-state index is 0.0364. The molecule has 3 aromatic rings. The number of hydrogen-bond acceptors (Lipinski definition) is 6. The van der Waals surface area contributed by atoms with Crippen molar-refractivity contribution in [3.63, 3.8) is 0 Å². The van der Waals surface area contributed by atoms with Gasteiger partial charge < -0.3 is 14.7 Å². The molecule has 1 fully saturated rings. The van der Waals surface area contributed by atoms with Gasteiger partial charge in [-0.25, -0.2) is 4.79 Å². The number of Topliss-reactive ketones (excluding diaryl/α,β-unsaturated/α-hetero) is 1. The summed E-state index contributed by atoms with van der Waals surface area (Å²) >= 11 is 0. The highest BCUT2D eigenvalue weighted by atomic mass is 16.5. The summed E-state index contributed by atoms with van der Waals surface area (Å²) in [5.74, 6) is -0.870. The van der Waals surface area contributed by atoms with Gasteiger partial charge in [0.15, 0.2) is 22.9 Å². The number of aromatic amines is 1. The number of nitrogens with one attached hydrogen (secondary N) is 1. The van der Waals surface area contributed by atoms with Crippen molar-refractivity contribution in [2.75, 3.05) is 13.1 Å². The number of piperidine rings is 1. The quantitative estimate of drug-likeness (QED) is 0.613. The Morgan fingerprint density at radius 3 is 2.61 bits per heavy atom. The standard InChI is InChI=1S/C23H25N5O5/c1-22(2,3)28-12-17-19(26-28)16(29)11-23(33-17)6-8-27(9-7-23)20(30)13-4-5-15-14(10-13)18(21(31)32)25-24-15/h4-5,10,12H,6-9,11H2,1-3H3,(H,24,25)(H,31,32). The van der Waals surface area contributed by atoms with Gasteiger partial charge in [-0.15, -0.1) is 0 Å². The molecule has 2 aromatic heterocycles. The predicted octanol–water partition coefficient (Wildman–Crippen LogP) is 2.85. The van der Waals surface area contributed by atoms with Crippen molar-refractivity contribution in [1.29, 1.82) is 0 Å². The normalized spacial score (nSPS) is 17.8. The number of nitrogens with zero attached hydrogens (tertiary/aromatic N) is 4. The molecule has 0 bridgehead atoms. The molecule has 0 unspecified atom stereocenters. The molecule has 1 amide bonds. The first-order valence-electron chi connectivity index (χ1n) is 10.9. The average Bonchev–Trinajstić information content (AvgIpc) is 3.37. The molecule has 0 atom stereocenters. The van der Waals surface area contributed by atoms with Crippen molar-refractivity contribution in [3.8, 4) is 5.75 Å². The van der Waals surface area contributed by atoms with E-state index in [1.807, 2.05) is 20.8 Å². The van der Waals surface area contributed by atoms with Gasteiger partial charge in [0.2, 0.25) is 0 Å². The first-order valence-corrected chi connectivity index (χ1v) is 10.9. The Bertz CT molecular complexity index is 1290. The molecule has 4 heterocycles. The molecule has 172 valence electrons. The van der Waals surface area contributed by atoms with Crippen molar-refractivity contribution in [1.82, 2.24) is 24.9 Å². The van der Waals surface area contributed by atoms with Gasteiger partial charge in [-0.2, -0.15) is 10.2 Å². The van der Waals surface area contributed by atoms with E-state index in [-0.39, 0.29) is 29.3 Å². The molecule has 2 N–H and O–H groups in total. The third kappa shape index (κ3) is 3.55. The van der Waals surface area contributed by atoms with Gasteiger partial charge >= 0.3 is 5.97 Å². The monoisotopic (exact) mass is 451 g/mol. The first-order chi connectivity index (χ1) is 15.6. The molecule has 2 aliphatic heterocycles. The lowest BCUT2D eigenvalue weighted by atomic mass is 9.83. The van der Waals surface area contributed by atoms with Gasteiger partial charge in [0, 0.05) is 36.9 Å². The zero-order valence-electron chi connectivity index (χ0n) is 18.7. The van der Waals surface area contributed by atoms with Crippen LogP contribution in [0.15, 0.2) is 24.4 Å². The van der Waals surface area contributed by atoms with E-state index in [1.54, 1.807) is 34.0 Å². The number of amides is 1. The third-order valence-electron chi connectivity index (χ3n) is 6.42. The number of ketones is 1. The number of hydrogen-bond donors (Lipinski definition) is 2. The maximum atomic E-state index is 13.1. The number of ether oxygens (including phenoxy) is 1. The summed E-state index contributed by atoms with van der Waals surface area (Å²) in [6, 6.07) is 4.88. The lowest BCUT2D eigenvalue weighted by Crippen LogP contribution is -2.52. The molecule has 0 saturated carbocycles. The van der Waals surface area contributed by atoms with Crippen LogP contribution in [-0.2, 0) is 5.54 Å². The fraction of sp³-hybridized carbons (Fsp3) is 0.435. The highest BCUT2D eigenvalue weighted by molar-refractivity contribution is 6.04. The van der Waals surface area contributed by atoms with Crippen LogP contribution in [-0.4, -0.2) is 66.3 Å². The van der Waals surface area contributed by atoms with E-state index in [2.05, 4.69) is 15.3 Å². The number of fused-ring (bicyclic) bond motifs is 2. The third-order valence-corrected chi connectivity index (χ3v) is 6.42. The average molecular weight is 451 g/mol. The van der Waals surface area contributed by atoms with Gasteiger partial charge in [0.25, 0.3) is 5.91 Å². The number of rotatable bonds is 2. The molecule has 1 saturated heterocycles. The summed E-state index contributed by atoms with van der Waals surface area (Å²) < 4.78 is 8.06. The highest BCUT2D eigenvalue weighted by Gasteiger charge is 2.45. The van der Waals surface area contributed by atoms with Crippen molar-refractivity contribution in [2.24, 2.45) is 0 Å². The SMILES string of the molecule is CC(C)(C)n1cc2c(n1)C(=O)CC1(CCN(C(=O)c3ccc4[nH]nc(C(=O)O)c4c3)CC1)O2. The maximum absolute atomic E-state index is 13.1. The van der Waals surface area contributed by atoms with E-state index in [0.717, 1.165) is 0 Å². The Balaban J connectivity index is 1.33. The molecule has 2 aliphatic rings. The minimum atomic E-state index is -1.15. The number of likely N-dealkylation sites (tertiary alicyclic amines) is 1.